The quantitative estimate of drug-likeness (QED) is 0.439. The second-order valence-electron chi connectivity index (χ2n) is 2.70. The summed E-state index contributed by atoms with van der Waals surface area (Å²) in [5, 5.41) is -4.29. The molecule has 0 fully saturated rings. The molecule has 0 aromatic rings. The summed E-state index contributed by atoms with van der Waals surface area (Å²) in [4.78, 5) is 0. The molecule has 0 bridgehead atoms. The van der Waals surface area contributed by atoms with Crippen LogP contribution in [0.1, 0.15) is 0 Å². The third-order valence-electron chi connectivity index (χ3n) is 1.67. The van der Waals surface area contributed by atoms with Crippen LogP contribution in [0.2, 0.25) is 0 Å². The zero-order chi connectivity index (χ0) is 12.1. The molecule has 1 unspecified atom stereocenters. The normalized spacial score (nSPS) is 30.8. The van der Waals surface area contributed by atoms with Crippen LogP contribution in [0.25, 0.3) is 0 Å². The summed E-state index contributed by atoms with van der Waals surface area (Å²) in [6.07, 6.45) is -0.945. The largest absolute Gasteiger partial charge is 0.320 e. The minimum Gasteiger partial charge on any atom is -0.282 e. The highest BCUT2D eigenvalue weighted by Crippen LogP contribution is 2.43. The molecular weight excluding hydrogens is 247 g/mol. The van der Waals surface area contributed by atoms with Crippen molar-refractivity contribution in [3.63, 3.8) is 0 Å². The molecule has 9 heteroatoms. The highest BCUT2D eigenvalue weighted by Gasteiger charge is 2.55. The molecular formula is C6H3F5O3S. The Morgan fingerprint density at radius 1 is 1.07 bits per heavy atom. The van der Waals surface area contributed by atoms with E-state index in [1.165, 1.54) is 0 Å². The van der Waals surface area contributed by atoms with E-state index in [9.17, 15) is 30.4 Å². The molecule has 1 rings (SSSR count). The molecule has 0 spiro atoms. The molecule has 0 aromatic carbocycles. The Kier molecular flexibility index (Phi) is 2.43. The monoisotopic (exact) mass is 250 g/mol. The lowest BCUT2D eigenvalue weighted by Crippen LogP contribution is -2.38. The molecule has 86 valence electrons. The molecule has 0 heterocycles. The highest BCUT2D eigenvalue weighted by molar-refractivity contribution is 7.87. The van der Waals surface area contributed by atoms with E-state index in [1.54, 1.807) is 0 Å². The molecule has 0 radical (unpaired) electrons. The summed E-state index contributed by atoms with van der Waals surface area (Å²) in [6, 6.07) is 0. The molecule has 0 aromatic heterocycles. The van der Waals surface area contributed by atoms with Gasteiger partial charge in [0.15, 0.2) is 5.83 Å². The van der Waals surface area contributed by atoms with Crippen LogP contribution in [-0.4, -0.2) is 23.9 Å². The molecule has 1 aliphatic rings. The average Bonchev–Trinajstić information content (AvgIpc) is 2.07. The Morgan fingerprint density at radius 3 is 1.93 bits per heavy atom. The summed E-state index contributed by atoms with van der Waals surface area (Å²) < 4.78 is 91.9. The van der Waals surface area contributed by atoms with Gasteiger partial charge in [-0.05, 0) is 12.2 Å². The third kappa shape index (κ3) is 1.65. The summed E-state index contributed by atoms with van der Waals surface area (Å²) in [6.45, 7) is 0. The van der Waals surface area contributed by atoms with Crippen molar-refractivity contribution < 1.29 is 34.9 Å². The van der Waals surface area contributed by atoms with Crippen LogP contribution in [-0.2, 0) is 10.1 Å². The van der Waals surface area contributed by atoms with E-state index in [0.29, 0.717) is 0 Å². The van der Waals surface area contributed by atoms with Gasteiger partial charge in [-0.15, -0.1) is 0 Å². The number of rotatable bonds is 1. The number of hydrogen-bond acceptors (Lipinski definition) is 2. The maximum Gasteiger partial charge on any atom is 0.320 e. The van der Waals surface area contributed by atoms with Gasteiger partial charge in [-0.2, -0.15) is 17.2 Å². The van der Waals surface area contributed by atoms with Gasteiger partial charge in [0, 0.05) is 0 Å². The highest BCUT2D eigenvalue weighted by atomic mass is 32.2. The van der Waals surface area contributed by atoms with Gasteiger partial charge in [-0.1, -0.05) is 0 Å². The summed E-state index contributed by atoms with van der Waals surface area (Å²) >= 11 is 0. The topological polar surface area (TPSA) is 54.4 Å². The summed E-state index contributed by atoms with van der Waals surface area (Å²) in [5.41, 5.74) is 0. The Morgan fingerprint density at radius 2 is 1.53 bits per heavy atom. The maximum absolute atomic E-state index is 13.1. The lowest BCUT2D eigenvalue weighted by Gasteiger charge is -2.23. The predicted molar refractivity (Wildman–Crippen MR) is 38.7 cm³/mol. The van der Waals surface area contributed by atoms with Crippen molar-refractivity contribution in [2.45, 2.75) is 10.9 Å². The standard InChI is InChI=1S/C6H3F5O3S/c7-3-4(8)6(11,15(12,13)14)2-1-5(3,9)10/h1-2H,(H,12,13,14). The zero-order valence-corrected chi connectivity index (χ0v) is 7.53. The first-order valence-corrected chi connectivity index (χ1v) is 4.77. The van der Waals surface area contributed by atoms with Gasteiger partial charge in [0.1, 0.15) is 0 Å². The van der Waals surface area contributed by atoms with E-state index >= 15 is 0 Å². The molecule has 1 atom stereocenters. The number of hydrogen-bond donors (Lipinski definition) is 1. The van der Waals surface area contributed by atoms with E-state index < -0.39 is 44.8 Å². The van der Waals surface area contributed by atoms with Crippen LogP contribution >= 0.6 is 0 Å². The molecule has 1 aliphatic carbocycles. The van der Waals surface area contributed by atoms with Crippen molar-refractivity contribution >= 4 is 10.1 Å². The maximum atomic E-state index is 13.1. The predicted octanol–water partition coefficient (Wildman–Crippen LogP) is 1.90. The van der Waals surface area contributed by atoms with Crippen molar-refractivity contribution in [3.8, 4) is 0 Å². The minimum atomic E-state index is -5.72. The van der Waals surface area contributed by atoms with Crippen LogP contribution in [0.5, 0.6) is 0 Å². The first kappa shape index (κ1) is 12.1. The fraction of sp³-hybridized carbons (Fsp3) is 0.333. The molecule has 15 heavy (non-hydrogen) atoms. The van der Waals surface area contributed by atoms with E-state index in [-0.39, 0.29) is 0 Å². The summed E-state index contributed by atoms with van der Waals surface area (Å²) in [7, 11) is -5.72. The van der Waals surface area contributed by atoms with Gasteiger partial charge in [0.05, 0.1) is 0 Å². The first-order chi connectivity index (χ1) is 6.52. The van der Waals surface area contributed by atoms with Crippen LogP contribution in [0.15, 0.2) is 23.8 Å². The molecule has 0 saturated carbocycles. The minimum absolute atomic E-state index is 0.458. The van der Waals surface area contributed by atoms with Crippen LogP contribution in [0.4, 0.5) is 22.0 Å². The number of halogens is 5. The third-order valence-corrected chi connectivity index (χ3v) is 2.73. The Balaban J connectivity index is 3.45. The second kappa shape index (κ2) is 3.01. The lowest BCUT2D eigenvalue weighted by atomic mass is 10.1. The van der Waals surface area contributed by atoms with E-state index in [4.69, 9.17) is 4.55 Å². The molecule has 0 amide bonds. The fourth-order valence-corrected chi connectivity index (χ4v) is 1.41. The molecule has 0 saturated heterocycles. The number of allylic oxidation sites excluding steroid dienone is 2. The van der Waals surface area contributed by atoms with E-state index in [2.05, 4.69) is 0 Å². The van der Waals surface area contributed by atoms with Crippen LogP contribution in [0.3, 0.4) is 0 Å². The zero-order valence-electron chi connectivity index (χ0n) is 6.72. The Hall–Kier alpha value is -0.960. The second-order valence-corrected chi connectivity index (χ2v) is 4.25. The van der Waals surface area contributed by atoms with Crippen molar-refractivity contribution in [2.75, 3.05) is 0 Å². The van der Waals surface area contributed by atoms with Gasteiger partial charge in [-0.3, -0.25) is 4.55 Å². The SMILES string of the molecule is O=S(=O)(O)C1(F)C=CC(F)(F)C(F)=C1F. The smallest absolute Gasteiger partial charge is 0.282 e. The van der Waals surface area contributed by atoms with Crippen LogP contribution in [0, 0.1) is 0 Å². The fourth-order valence-electron chi connectivity index (χ4n) is 0.853. The van der Waals surface area contributed by atoms with E-state index in [1.807, 2.05) is 0 Å². The van der Waals surface area contributed by atoms with Gasteiger partial charge in [-0.25, -0.2) is 13.2 Å². The van der Waals surface area contributed by atoms with Crippen molar-refractivity contribution in [1.82, 2.24) is 0 Å². The molecule has 0 aliphatic heterocycles. The van der Waals surface area contributed by atoms with Gasteiger partial charge >= 0.3 is 21.0 Å². The van der Waals surface area contributed by atoms with Crippen molar-refractivity contribution in [1.29, 1.82) is 0 Å². The number of alkyl halides is 3. The van der Waals surface area contributed by atoms with Gasteiger partial charge in [0.25, 0.3) is 0 Å². The average molecular weight is 250 g/mol. The summed E-state index contributed by atoms with van der Waals surface area (Å²) in [5.74, 6) is -10.2. The van der Waals surface area contributed by atoms with Crippen molar-refractivity contribution in [3.05, 3.63) is 23.8 Å². The first-order valence-electron chi connectivity index (χ1n) is 3.33. The van der Waals surface area contributed by atoms with Crippen molar-refractivity contribution in [2.24, 2.45) is 0 Å². The molecule has 1 N–H and O–H groups in total. The molecule has 3 nitrogen and oxygen atoms in total. The van der Waals surface area contributed by atoms with E-state index in [0.717, 1.165) is 0 Å². The van der Waals surface area contributed by atoms with Gasteiger partial charge < -0.3 is 0 Å². The Bertz CT molecular complexity index is 451. The van der Waals surface area contributed by atoms with Crippen LogP contribution < -0.4 is 0 Å². The van der Waals surface area contributed by atoms with Gasteiger partial charge in [0.2, 0.25) is 5.83 Å². The lowest BCUT2D eigenvalue weighted by molar-refractivity contribution is 0.0557. The Labute approximate surface area is 80.6 Å².